The lowest BCUT2D eigenvalue weighted by molar-refractivity contribution is 0.660. The maximum atomic E-state index is 2.40. The minimum absolute atomic E-state index is 0.0422. The van der Waals surface area contributed by atoms with Crippen molar-refractivity contribution in [3.63, 3.8) is 0 Å². The number of hydrogen-bond acceptors (Lipinski definition) is 1. The van der Waals surface area contributed by atoms with Gasteiger partial charge in [-0.15, -0.1) is 0 Å². The third kappa shape index (κ3) is 5.95. The quantitative estimate of drug-likeness (QED) is 0.162. The minimum Gasteiger partial charge on any atom is -0.310 e. The molecule has 8 aromatic rings. The van der Waals surface area contributed by atoms with Crippen molar-refractivity contribution in [3.8, 4) is 55.6 Å². The Morgan fingerprint density at radius 1 is 0.321 bits per heavy atom. The number of fused-ring (bicyclic) bond motifs is 3. The topological polar surface area (TPSA) is 3.24 Å². The molecule has 0 fully saturated rings. The van der Waals surface area contributed by atoms with Gasteiger partial charge in [0, 0.05) is 22.5 Å². The highest BCUT2D eigenvalue weighted by Crippen LogP contribution is 2.50. The van der Waals surface area contributed by atoms with E-state index in [0.29, 0.717) is 0 Å². The third-order valence-electron chi connectivity index (χ3n) is 11.0. The van der Waals surface area contributed by atoms with Gasteiger partial charge >= 0.3 is 0 Å². The molecule has 0 radical (unpaired) electrons. The maximum absolute atomic E-state index is 2.40. The molecular formula is C52H41N. The summed E-state index contributed by atoms with van der Waals surface area (Å²) in [4.78, 5) is 2.40. The smallest absolute Gasteiger partial charge is 0.0468 e. The van der Waals surface area contributed by atoms with E-state index in [0.717, 1.165) is 17.1 Å². The summed E-state index contributed by atoms with van der Waals surface area (Å²) in [5, 5.41) is 0. The average Bonchev–Trinajstić information content (AvgIpc) is 3.45. The summed E-state index contributed by atoms with van der Waals surface area (Å²) in [5.74, 6) is 0. The van der Waals surface area contributed by atoms with Gasteiger partial charge < -0.3 is 4.90 Å². The Morgan fingerprint density at radius 3 is 1.43 bits per heavy atom. The van der Waals surface area contributed by atoms with Gasteiger partial charge in [0.1, 0.15) is 0 Å². The van der Waals surface area contributed by atoms with Crippen LogP contribution in [0.5, 0.6) is 0 Å². The second-order valence-corrected chi connectivity index (χ2v) is 14.7. The zero-order valence-electron chi connectivity index (χ0n) is 30.4. The molecule has 0 unspecified atom stereocenters. The first-order valence-corrected chi connectivity index (χ1v) is 18.5. The van der Waals surface area contributed by atoms with Crippen LogP contribution in [0.1, 0.15) is 30.5 Å². The fraction of sp³-hybridized carbons (Fsp3) is 0.0769. The van der Waals surface area contributed by atoms with Gasteiger partial charge in [-0.05, 0) is 128 Å². The number of anilines is 3. The molecule has 0 amide bonds. The predicted octanol–water partition coefficient (Wildman–Crippen LogP) is 14.4. The average molecular weight is 680 g/mol. The zero-order valence-corrected chi connectivity index (χ0v) is 30.4. The number of nitrogens with zero attached hydrogens (tertiary/aromatic N) is 1. The Balaban J connectivity index is 1.12. The fourth-order valence-electron chi connectivity index (χ4n) is 8.14. The molecule has 0 aliphatic heterocycles. The van der Waals surface area contributed by atoms with Crippen molar-refractivity contribution in [2.24, 2.45) is 0 Å². The maximum Gasteiger partial charge on any atom is 0.0468 e. The second-order valence-electron chi connectivity index (χ2n) is 14.7. The standard InChI is InChI=1S/C52H41N/c1-36-21-22-43(34-48(36)40-15-8-5-9-16-40)39-25-29-45(30-26-39)53(46-31-32-51-49(35-46)47-19-10-11-20-50(47)52(51,2)3)44-27-23-38(24-28-44)42-18-12-17-41(33-42)37-13-6-4-7-14-37/h4-35H,1-3H3. The van der Waals surface area contributed by atoms with E-state index >= 15 is 0 Å². The van der Waals surface area contributed by atoms with Gasteiger partial charge in [-0.1, -0.05) is 159 Å². The molecule has 0 N–H and O–H groups in total. The first kappa shape index (κ1) is 32.5. The van der Waals surface area contributed by atoms with Gasteiger partial charge in [0.05, 0.1) is 0 Å². The highest BCUT2D eigenvalue weighted by molar-refractivity contribution is 5.87. The normalized spacial score (nSPS) is 12.6. The van der Waals surface area contributed by atoms with Crippen molar-refractivity contribution in [3.05, 3.63) is 211 Å². The number of rotatable bonds is 7. The molecule has 0 heterocycles. The van der Waals surface area contributed by atoms with Crippen LogP contribution in [-0.2, 0) is 5.41 Å². The molecule has 0 aromatic heterocycles. The van der Waals surface area contributed by atoms with Gasteiger partial charge in [0.15, 0.2) is 0 Å². The van der Waals surface area contributed by atoms with E-state index in [2.05, 4.69) is 220 Å². The third-order valence-corrected chi connectivity index (χ3v) is 11.0. The van der Waals surface area contributed by atoms with E-state index in [1.165, 1.54) is 72.3 Å². The summed E-state index contributed by atoms with van der Waals surface area (Å²) in [5.41, 5.74) is 19.8. The van der Waals surface area contributed by atoms with E-state index in [1.54, 1.807) is 0 Å². The van der Waals surface area contributed by atoms with Crippen LogP contribution in [0.15, 0.2) is 194 Å². The first-order valence-electron chi connectivity index (χ1n) is 18.5. The Morgan fingerprint density at radius 2 is 0.792 bits per heavy atom. The van der Waals surface area contributed by atoms with Crippen molar-refractivity contribution in [2.45, 2.75) is 26.2 Å². The summed E-state index contributed by atoms with van der Waals surface area (Å²) in [6.07, 6.45) is 0. The van der Waals surface area contributed by atoms with Crippen LogP contribution in [0.2, 0.25) is 0 Å². The number of hydrogen-bond donors (Lipinski definition) is 0. The van der Waals surface area contributed by atoms with E-state index in [-0.39, 0.29) is 5.41 Å². The molecule has 1 nitrogen and oxygen atoms in total. The van der Waals surface area contributed by atoms with Crippen molar-refractivity contribution >= 4 is 17.1 Å². The van der Waals surface area contributed by atoms with E-state index < -0.39 is 0 Å². The van der Waals surface area contributed by atoms with Crippen LogP contribution < -0.4 is 4.90 Å². The summed E-state index contributed by atoms with van der Waals surface area (Å²) >= 11 is 0. The molecule has 53 heavy (non-hydrogen) atoms. The monoisotopic (exact) mass is 679 g/mol. The first-order chi connectivity index (χ1) is 25.9. The molecule has 1 aliphatic rings. The second kappa shape index (κ2) is 13.3. The molecule has 8 aromatic carbocycles. The Bertz CT molecular complexity index is 2560. The highest BCUT2D eigenvalue weighted by atomic mass is 15.1. The summed E-state index contributed by atoms with van der Waals surface area (Å²) < 4.78 is 0. The molecule has 1 heteroatoms. The van der Waals surface area contributed by atoms with Crippen LogP contribution in [0, 0.1) is 6.92 Å². The zero-order chi connectivity index (χ0) is 35.9. The summed E-state index contributed by atoms with van der Waals surface area (Å²) in [6, 6.07) is 70.9. The van der Waals surface area contributed by atoms with Gasteiger partial charge in [-0.3, -0.25) is 0 Å². The van der Waals surface area contributed by atoms with Gasteiger partial charge in [0.2, 0.25) is 0 Å². The molecule has 0 saturated carbocycles. The molecule has 1 aliphatic carbocycles. The minimum atomic E-state index is -0.0422. The summed E-state index contributed by atoms with van der Waals surface area (Å²) in [7, 11) is 0. The fourth-order valence-corrected chi connectivity index (χ4v) is 8.14. The molecule has 254 valence electrons. The van der Waals surface area contributed by atoms with Gasteiger partial charge in [-0.25, -0.2) is 0 Å². The Labute approximate surface area is 313 Å². The van der Waals surface area contributed by atoms with E-state index in [1.807, 2.05) is 0 Å². The largest absolute Gasteiger partial charge is 0.310 e. The van der Waals surface area contributed by atoms with E-state index in [9.17, 15) is 0 Å². The SMILES string of the molecule is Cc1ccc(-c2ccc(N(c3ccc(-c4cccc(-c5ccccc5)c4)cc3)c3ccc4c(c3)-c3ccccc3C4(C)C)cc2)cc1-c1ccccc1. The Kier molecular flexibility index (Phi) is 8.13. The van der Waals surface area contributed by atoms with Crippen LogP contribution in [0.3, 0.4) is 0 Å². The predicted molar refractivity (Wildman–Crippen MR) is 225 cm³/mol. The molecule has 0 atom stereocenters. The number of benzene rings is 8. The van der Waals surface area contributed by atoms with Crippen molar-refractivity contribution in [1.82, 2.24) is 0 Å². The molecular weight excluding hydrogens is 639 g/mol. The van der Waals surface area contributed by atoms with Crippen LogP contribution in [0.25, 0.3) is 55.6 Å². The lowest BCUT2D eigenvalue weighted by Gasteiger charge is -2.27. The summed E-state index contributed by atoms with van der Waals surface area (Å²) in [6.45, 7) is 6.87. The van der Waals surface area contributed by atoms with Crippen LogP contribution >= 0.6 is 0 Å². The van der Waals surface area contributed by atoms with Gasteiger partial charge in [0.25, 0.3) is 0 Å². The highest BCUT2D eigenvalue weighted by Gasteiger charge is 2.35. The Hall–Kier alpha value is -6.44. The lowest BCUT2D eigenvalue weighted by atomic mass is 9.82. The van der Waals surface area contributed by atoms with Crippen molar-refractivity contribution < 1.29 is 0 Å². The lowest BCUT2D eigenvalue weighted by Crippen LogP contribution is -2.15. The molecule has 0 bridgehead atoms. The van der Waals surface area contributed by atoms with Crippen LogP contribution in [0.4, 0.5) is 17.1 Å². The molecule has 9 rings (SSSR count). The van der Waals surface area contributed by atoms with Gasteiger partial charge in [-0.2, -0.15) is 0 Å². The molecule has 0 spiro atoms. The van der Waals surface area contributed by atoms with E-state index in [4.69, 9.17) is 0 Å². The molecule has 0 saturated heterocycles. The van der Waals surface area contributed by atoms with Crippen molar-refractivity contribution in [2.75, 3.05) is 4.90 Å². The number of aryl methyl sites for hydroxylation is 1. The van der Waals surface area contributed by atoms with Crippen LogP contribution in [-0.4, -0.2) is 0 Å². The van der Waals surface area contributed by atoms with Crippen molar-refractivity contribution in [1.29, 1.82) is 0 Å².